The summed E-state index contributed by atoms with van der Waals surface area (Å²) in [6.45, 7) is 11.4. The van der Waals surface area contributed by atoms with Crippen LogP contribution < -0.4 is 14.7 Å². The molecule has 0 aliphatic carbocycles. The van der Waals surface area contributed by atoms with E-state index in [-0.39, 0.29) is 5.57 Å². The van der Waals surface area contributed by atoms with Gasteiger partial charge in [-0.05, 0) is 62.1 Å². The summed E-state index contributed by atoms with van der Waals surface area (Å²) in [4.78, 5) is 29.4. The average Bonchev–Trinajstić information content (AvgIpc) is 3.18. The van der Waals surface area contributed by atoms with Gasteiger partial charge in [-0.2, -0.15) is 0 Å². The lowest BCUT2D eigenvalue weighted by atomic mass is 9.94. The number of amides is 1. The topological polar surface area (TPSA) is 74.1 Å². The zero-order valence-electron chi connectivity index (χ0n) is 22.6. The fourth-order valence-corrected chi connectivity index (χ4v) is 4.92. The van der Waals surface area contributed by atoms with Gasteiger partial charge in [0.05, 0.1) is 32.2 Å². The molecule has 38 heavy (non-hydrogen) atoms. The number of likely N-dealkylation sites (tertiary alicyclic amines) is 1. The monoisotopic (exact) mass is 512 g/mol. The van der Waals surface area contributed by atoms with Gasteiger partial charge < -0.3 is 19.6 Å². The number of likely N-dealkylation sites (N-methyl/N-ethyl adjacent to an activating group) is 1. The Balaban J connectivity index is 1.68. The van der Waals surface area contributed by atoms with Crippen molar-refractivity contribution in [3.05, 3.63) is 106 Å². The van der Waals surface area contributed by atoms with Crippen molar-refractivity contribution in [3.8, 4) is 5.75 Å². The third-order valence-electron chi connectivity index (χ3n) is 7.30. The normalized spacial score (nSPS) is 16.9. The Morgan fingerprint density at radius 3 is 2.26 bits per heavy atom. The molecule has 3 aromatic rings. The summed E-state index contributed by atoms with van der Waals surface area (Å²) in [6, 6.07) is 22.0. The van der Waals surface area contributed by atoms with Gasteiger partial charge in [-0.3, -0.25) is 9.59 Å². The van der Waals surface area contributed by atoms with E-state index in [1.165, 1.54) is 4.90 Å². The predicted octanol–water partition coefficient (Wildman–Crippen LogP) is 3.03. The summed E-state index contributed by atoms with van der Waals surface area (Å²) in [5, 5.41) is 13.8. The Labute approximate surface area is 225 Å². The minimum Gasteiger partial charge on any atom is -0.872 e. The smallest absolute Gasteiger partial charge is 0.295 e. The number of Topliss-reactive ketones (excluding diaryl/α,β-unsaturated/α-hetero) is 1. The maximum atomic E-state index is 13.8. The third kappa shape index (κ3) is 5.81. The second-order valence-corrected chi connectivity index (χ2v) is 9.85. The fraction of sp³-hybridized carbons (Fsp3) is 0.312. The van der Waals surface area contributed by atoms with Crippen LogP contribution in [-0.4, -0.2) is 42.8 Å². The number of carbonyl (C=O) groups is 2. The molecule has 1 heterocycles. The third-order valence-corrected chi connectivity index (χ3v) is 7.30. The van der Waals surface area contributed by atoms with Gasteiger partial charge in [0.2, 0.25) is 5.78 Å². The lowest BCUT2D eigenvalue weighted by Crippen LogP contribution is -3.12. The van der Waals surface area contributed by atoms with Crippen LogP contribution in [0.5, 0.6) is 5.75 Å². The highest BCUT2D eigenvalue weighted by molar-refractivity contribution is 6.46. The van der Waals surface area contributed by atoms with Crippen molar-refractivity contribution in [1.29, 1.82) is 0 Å². The number of ketones is 1. The van der Waals surface area contributed by atoms with Crippen molar-refractivity contribution in [1.82, 2.24) is 4.90 Å². The number of hydrogen-bond donors (Lipinski definition) is 1. The largest absolute Gasteiger partial charge is 0.872 e. The maximum Gasteiger partial charge on any atom is 0.295 e. The molecule has 198 valence electrons. The van der Waals surface area contributed by atoms with Gasteiger partial charge in [0.15, 0.2) is 0 Å². The zero-order valence-corrected chi connectivity index (χ0v) is 22.6. The van der Waals surface area contributed by atoms with Crippen molar-refractivity contribution in [2.45, 2.75) is 40.3 Å². The highest BCUT2D eigenvalue weighted by Crippen LogP contribution is 2.39. The average molecular weight is 513 g/mol. The van der Waals surface area contributed by atoms with Crippen LogP contribution in [0.2, 0.25) is 0 Å². The van der Waals surface area contributed by atoms with Crippen LogP contribution in [0.25, 0.3) is 5.76 Å². The van der Waals surface area contributed by atoms with Gasteiger partial charge in [0, 0.05) is 5.57 Å². The molecule has 1 unspecified atom stereocenters. The molecule has 0 spiro atoms. The zero-order chi connectivity index (χ0) is 27.2. The number of aryl methyl sites for hydroxylation is 2. The van der Waals surface area contributed by atoms with Gasteiger partial charge in [0.25, 0.3) is 5.91 Å². The molecule has 1 aliphatic heterocycles. The number of carbonyl (C=O) groups excluding carboxylic acids is 2. The molecule has 0 radical (unpaired) electrons. The van der Waals surface area contributed by atoms with Crippen LogP contribution in [0.3, 0.4) is 0 Å². The van der Waals surface area contributed by atoms with Crippen molar-refractivity contribution >= 4 is 17.4 Å². The first-order valence-electron chi connectivity index (χ1n) is 13.3. The Kier molecular flexibility index (Phi) is 8.64. The molecule has 1 N–H and O–H groups in total. The van der Waals surface area contributed by atoms with Gasteiger partial charge in [0.1, 0.15) is 12.4 Å². The van der Waals surface area contributed by atoms with Crippen LogP contribution in [-0.2, 0) is 16.2 Å². The number of rotatable bonds is 10. The molecule has 6 nitrogen and oxygen atoms in total. The summed E-state index contributed by atoms with van der Waals surface area (Å²) in [5.74, 6) is -1.06. The molecule has 1 aliphatic rings. The Morgan fingerprint density at radius 2 is 1.63 bits per heavy atom. The first-order valence-corrected chi connectivity index (χ1v) is 13.3. The quantitative estimate of drug-likeness (QED) is 0.258. The molecule has 1 fully saturated rings. The summed E-state index contributed by atoms with van der Waals surface area (Å²) in [7, 11) is 0. The Morgan fingerprint density at radius 1 is 0.947 bits per heavy atom. The first kappa shape index (κ1) is 27.1. The van der Waals surface area contributed by atoms with E-state index in [1.54, 1.807) is 23.1 Å². The fourth-order valence-electron chi connectivity index (χ4n) is 4.92. The van der Waals surface area contributed by atoms with Crippen LogP contribution in [0.1, 0.15) is 47.7 Å². The van der Waals surface area contributed by atoms with E-state index in [0.29, 0.717) is 31.0 Å². The number of benzene rings is 3. The number of ether oxygens (including phenoxy) is 1. The van der Waals surface area contributed by atoms with E-state index in [0.717, 1.165) is 35.3 Å². The van der Waals surface area contributed by atoms with E-state index in [4.69, 9.17) is 4.74 Å². The highest BCUT2D eigenvalue weighted by atomic mass is 16.5. The predicted molar refractivity (Wildman–Crippen MR) is 146 cm³/mol. The number of quaternary nitrogens is 1. The van der Waals surface area contributed by atoms with E-state index in [1.807, 2.05) is 68.4 Å². The Hall–Kier alpha value is -3.90. The van der Waals surface area contributed by atoms with Gasteiger partial charge in [-0.25, -0.2) is 0 Å². The van der Waals surface area contributed by atoms with E-state index in [2.05, 4.69) is 13.8 Å². The molecule has 0 saturated carbocycles. The molecule has 6 heteroatoms. The lowest BCUT2D eigenvalue weighted by molar-refractivity contribution is -0.895. The minimum atomic E-state index is -0.711. The lowest BCUT2D eigenvalue weighted by Gasteiger charge is -2.28. The first-order chi connectivity index (χ1) is 18.3. The van der Waals surface area contributed by atoms with Crippen LogP contribution in [0.4, 0.5) is 0 Å². The molecular weight excluding hydrogens is 476 g/mol. The molecule has 1 saturated heterocycles. The molecule has 0 bridgehead atoms. The number of hydrogen-bond acceptors (Lipinski definition) is 4. The number of nitrogens with one attached hydrogen (secondary N) is 1. The van der Waals surface area contributed by atoms with E-state index in [9.17, 15) is 14.7 Å². The summed E-state index contributed by atoms with van der Waals surface area (Å²) in [6.07, 6.45) is 0. The van der Waals surface area contributed by atoms with Crippen LogP contribution >= 0.6 is 0 Å². The van der Waals surface area contributed by atoms with Crippen molar-refractivity contribution in [2.75, 3.05) is 26.2 Å². The van der Waals surface area contributed by atoms with Gasteiger partial charge in [-0.1, -0.05) is 72.0 Å². The van der Waals surface area contributed by atoms with Gasteiger partial charge in [-0.15, -0.1) is 0 Å². The van der Waals surface area contributed by atoms with Crippen molar-refractivity contribution < 1.29 is 24.3 Å². The standard InChI is InChI=1S/C32H36N2O4/c1-5-33(6-2)18-19-34-29(25-14-12-22(3)13-15-25)28(31(36)32(34)37)30(35)26-16-17-27(23(4)20-26)38-21-24-10-8-7-9-11-24/h7-17,20,29,35H,5-6,18-19,21H2,1-4H3. The summed E-state index contributed by atoms with van der Waals surface area (Å²) >= 11 is 0. The van der Waals surface area contributed by atoms with Crippen molar-refractivity contribution in [3.63, 3.8) is 0 Å². The van der Waals surface area contributed by atoms with Gasteiger partial charge >= 0.3 is 0 Å². The Bertz CT molecular complexity index is 1310. The molecule has 1 atom stereocenters. The summed E-state index contributed by atoms with van der Waals surface area (Å²) < 4.78 is 5.97. The number of nitrogens with zero attached hydrogens (tertiary/aromatic N) is 1. The second-order valence-electron chi connectivity index (χ2n) is 9.85. The molecule has 3 aromatic carbocycles. The summed E-state index contributed by atoms with van der Waals surface area (Å²) in [5.41, 5.74) is 4.07. The molecule has 4 rings (SSSR count). The second kappa shape index (κ2) is 12.1. The minimum absolute atomic E-state index is 0.0192. The highest BCUT2D eigenvalue weighted by Gasteiger charge is 2.44. The van der Waals surface area contributed by atoms with Crippen molar-refractivity contribution in [2.24, 2.45) is 0 Å². The van der Waals surface area contributed by atoms with Crippen LogP contribution in [0, 0.1) is 13.8 Å². The SMILES string of the molecule is CC[NH+](CC)CCN1C(=O)C(=O)C(=C([O-])c2ccc(OCc3ccccc3)c(C)c2)C1c1ccc(C)cc1. The van der Waals surface area contributed by atoms with E-state index >= 15 is 0 Å². The molecule has 1 amide bonds. The van der Waals surface area contributed by atoms with Crippen LogP contribution in [0.15, 0.2) is 78.4 Å². The maximum absolute atomic E-state index is 13.8. The van der Waals surface area contributed by atoms with E-state index < -0.39 is 23.5 Å². The molecular formula is C32H36N2O4. The molecule has 0 aromatic heterocycles.